The number of halogens is 3. The molecule has 4 nitrogen and oxygen atoms in total. The van der Waals surface area contributed by atoms with Crippen molar-refractivity contribution in [1.29, 1.82) is 0 Å². The monoisotopic (exact) mass is 380 g/mol. The summed E-state index contributed by atoms with van der Waals surface area (Å²) in [7, 11) is 0. The van der Waals surface area contributed by atoms with Crippen LogP contribution in [0.1, 0.15) is 0 Å². The summed E-state index contributed by atoms with van der Waals surface area (Å²) in [5, 5.41) is 5.14. The van der Waals surface area contributed by atoms with Crippen molar-refractivity contribution in [2.24, 2.45) is 0 Å². The van der Waals surface area contributed by atoms with Crippen LogP contribution >= 0.6 is 22.9 Å². The number of carbonyl (C=O) groups is 1. The Morgan fingerprint density at radius 2 is 1.92 bits per heavy atom. The first-order chi connectivity index (χ1) is 12.0. The van der Waals surface area contributed by atoms with Gasteiger partial charge in [-0.05, 0) is 42.5 Å². The molecule has 0 aliphatic rings. The van der Waals surface area contributed by atoms with Crippen LogP contribution in [0.3, 0.4) is 0 Å². The number of carbonyl (C=O) groups excluding carboxylic acids is 1. The summed E-state index contributed by atoms with van der Waals surface area (Å²) in [6.07, 6.45) is 0. The van der Waals surface area contributed by atoms with Crippen LogP contribution < -0.4 is 10.1 Å². The van der Waals surface area contributed by atoms with Gasteiger partial charge in [0, 0.05) is 16.0 Å². The number of hydrogen-bond acceptors (Lipinski definition) is 4. The Balaban J connectivity index is 1.59. The van der Waals surface area contributed by atoms with E-state index in [4.69, 9.17) is 16.3 Å². The second-order valence-electron chi connectivity index (χ2n) is 4.96. The van der Waals surface area contributed by atoms with Crippen LogP contribution in [-0.4, -0.2) is 17.5 Å². The number of aromatic nitrogens is 1. The van der Waals surface area contributed by atoms with Crippen LogP contribution in [0, 0.1) is 11.6 Å². The number of ether oxygens (including phenoxy) is 1. The summed E-state index contributed by atoms with van der Waals surface area (Å²) >= 11 is 6.94. The molecule has 0 spiro atoms. The second-order valence-corrected chi connectivity index (χ2v) is 6.25. The Bertz CT molecular complexity index is 900. The first kappa shape index (κ1) is 17.3. The molecule has 0 saturated heterocycles. The molecule has 0 atom stereocenters. The minimum atomic E-state index is -0.951. The highest BCUT2D eigenvalue weighted by atomic mass is 35.5. The first-order valence-corrected chi connectivity index (χ1v) is 8.36. The highest BCUT2D eigenvalue weighted by molar-refractivity contribution is 7.14. The van der Waals surface area contributed by atoms with Gasteiger partial charge in [0.15, 0.2) is 23.4 Å². The van der Waals surface area contributed by atoms with E-state index in [1.165, 1.54) is 17.4 Å². The summed E-state index contributed by atoms with van der Waals surface area (Å²) in [5.41, 5.74) is 0.867. The summed E-state index contributed by atoms with van der Waals surface area (Å²) in [4.78, 5) is 16.1. The molecule has 1 aromatic heterocycles. The molecular formula is C17H11ClF2N2O2S. The molecule has 2 aromatic carbocycles. The molecule has 3 rings (SSSR count). The lowest BCUT2D eigenvalue weighted by molar-refractivity contribution is -0.118. The van der Waals surface area contributed by atoms with Crippen molar-refractivity contribution in [2.75, 3.05) is 11.9 Å². The molecular weight excluding hydrogens is 370 g/mol. The van der Waals surface area contributed by atoms with Gasteiger partial charge in [-0.2, -0.15) is 0 Å². The molecule has 25 heavy (non-hydrogen) atoms. The Morgan fingerprint density at radius 1 is 1.16 bits per heavy atom. The topological polar surface area (TPSA) is 51.2 Å². The van der Waals surface area contributed by atoms with Gasteiger partial charge < -0.3 is 4.74 Å². The number of nitrogens with zero attached hydrogens (tertiary/aromatic N) is 1. The van der Waals surface area contributed by atoms with E-state index in [1.54, 1.807) is 29.6 Å². The molecule has 0 radical (unpaired) electrons. The highest BCUT2D eigenvalue weighted by Gasteiger charge is 2.11. The fourth-order valence-electron chi connectivity index (χ4n) is 1.95. The quantitative estimate of drug-likeness (QED) is 0.694. The molecule has 0 aliphatic heterocycles. The molecule has 3 aromatic rings. The number of amides is 1. The van der Waals surface area contributed by atoms with E-state index < -0.39 is 11.6 Å². The van der Waals surface area contributed by atoms with E-state index in [0.717, 1.165) is 12.1 Å². The lowest BCUT2D eigenvalue weighted by Crippen LogP contribution is -2.20. The number of benzene rings is 2. The summed E-state index contributed by atoms with van der Waals surface area (Å²) in [6, 6.07) is 10.1. The fraction of sp³-hybridized carbons (Fsp3) is 0.0588. The van der Waals surface area contributed by atoms with Gasteiger partial charge in [-0.3, -0.25) is 10.1 Å². The molecule has 1 heterocycles. The van der Waals surface area contributed by atoms with Crippen LogP contribution in [0.2, 0.25) is 5.02 Å². The number of anilines is 1. The van der Waals surface area contributed by atoms with E-state index >= 15 is 0 Å². The second kappa shape index (κ2) is 7.58. The van der Waals surface area contributed by atoms with Gasteiger partial charge in [0.25, 0.3) is 5.91 Å². The maximum Gasteiger partial charge on any atom is 0.264 e. The van der Waals surface area contributed by atoms with Gasteiger partial charge in [0.1, 0.15) is 5.75 Å². The van der Waals surface area contributed by atoms with Crippen LogP contribution in [0.4, 0.5) is 13.9 Å². The SMILES string of the molecule is O=C(COc1ccc(Cl)cc1)Nc1nc(-c2ccc(F)c(F)c2)cs1. The molecule has 0 aliphatic carbocycles. The van der Waals surface area contributed by atoms with Crippen molar-refractivity contribution in [2.45, 2.75) is 0 Å². The van der Waals surface area contributed by atoms with E-state index in [2.05, 4.69) is 10.3 Å². The van der Waals surface area contributed by atoms with E-state index in [9.17, 15) is 13.6 Å². The lowest BCUT2D eigenvalue weighted by Gasteiger charge is -2.05. The normalized spacial score (nSPS) is 10.5. The first-order valence-electron chi connectivity index (χ1n) is 7.10. The average molecular weight is 381 g/mol. The van der Waals surface area contributed by atoms with Crippen molar-refractivity contribution >= 4 is 34.0 Å². The largest absolute Gasteiger partial charge is 0.484 e. The third-order valence-electron chi connectivity index (χ3n) is 3.15. The van der Waals surface area contributed by atoms with Gasteiger partial charge in [-0.15, -0.1) is 11.3 Å². The van der Waals surface area contributed by atoms with E-state index in [0.29, 0.717) is 27.2 Å². The molecule has 0 saturated carbocycles. The van der Waals surface area contributed by atoms with Crippen LogP contribution in [0.25, 0.3) is 11.3 Å². The van der Waals surface area contributed by atoms with Crippen molar-refractivity contribution in [1.82, 2.24) is 4.98 Å². The van der Waals surface area contributed by atoms with Gasteiger partial charge in [0.2, 0.25) is 0 Å². The Morgan fingerprint density at radius 3 is 2.64 bits per heavy atom. The molecule has 0 bridgehead atoms. The third kappa shape index (κ3) is 4.52. The zero-order valence-electron chi connectivity index (χ0n) is 12.6. The minimum Gasteiger partial charge on any atom is -0.484 e. The lowest BCUT2D eigenvalue weighted by atomic mass is 10.2. The Hall–Kier alpha value is -2.51. The summed E-state index contributed by atoms with van der Waals surface area (Å²) in [6.45, 7) is -0.193. The van der Waals surface area contributed by atoms with Crippen molar-refractivity contribution < 1.29 is 18.3 Å². The number of rotatable bonds is 5. The molecule has 128 valence electrons. The maximum atomic E-state index is 13.3. The van der Waals surface area contributed by atoms with E-state index in [1.807, 2.05) is 0 Å². The van der Waals surface area contributed by atoms with E-state index in [-0.39, 0.29) is 12.5 Å². The predicted molar refractivity (Wildman–Crippen MR) is 93.0 cm³/mol. The van der Waals surface area contributed by atoms with Gasteiger partial charge in [-0.25, -0.2) is 13.8 Å². The average Bonchev–Trinajstić information content (AvgIpc) is 3.05. The number of hydrogen-bond donors (Lipinski definition) is 1. The highest BCUT2D eigenvalue weighted by Crippen LogP contribution is 2.26. The third-order valence-corrected chi connectivity index (χ3v) is 4.16. The molecule has 0 unspecified atom stereocenters. The van der Waals surface area contributed by atoms with Gasteiger partial charge >= 0.3 is 0 Å². The Kier molecular flexibility index (Phi) is 5.25. The predicted octanol–water partition coefficient (Wildman–Crippen LogP) is 4.76. The number of thiazole rings is 1. The van der Waals surface area contributed by atoms with Crippen molar-refractivity contribution in [3.63, 3.8) is 0 Å². The molecule has 1 N–H and O–H groups in total. The molecule has 8 heteroatoms. The van der Waals surface area contributed by atoms with Crippen LogP contribution in [-0.2, 0) is 4.79 Å². The zero-order chi connectivity index (χ0) is 17.8. The van der Waals surface area contributed by atoms with Crippen molar-refractivity contribution in [3.8, 4) is 17.0 Å². The molecule has 0 fully saturated rings. The standard InChI is InChI=1S/C17H11ClF2N2O2S/c18-11-2-4-12(5-3-11)24-8-16(23)22-17-21-15(9-25-17)10-1-6-13(19)14(20)7-10/h1-7,9H,8H2,(H,21,22,23). The number of nitrogens with one attached hydrogen (secondary N) is 1. The van der Waals surface area contributed by atoms with Crippen LogP contribution in [0.5, 0.6) is 5.75 Å². The molecule has 1 amide bonds. The van der Waals surface area contributed by atoms with Crippen LogP contribution in [0.15, 0.2) is 47.8 Å². The van der Waals surface area contributed by atoms with Gasteiger partial charge in [-0.1, -0.05) is 11.6 Å². The minimum absolute atomic E-state index is 0.193. The van der Waals surface area contributed by atoms with Crippen molar-refractivity contribution in [3.05, 3.63) is 64.5 Å². The summed E-state index contributed by atoms with van der Waals surface area (Å²) < 4.78 is 31.6. The zero-order valence-corrected chi connectivity index (χ0v) is 14.2. The summed E-state index contributed by atoms with van der Waals surface area (Å²) in [5.74, 6) is -1.75. The smallest absolute Gasteiger partial charge is 0.264 e. The maximum absolute atomic E-state index is 13.3. The van der Waals surface area contributed by atoms with Gasteiger partial charge in [0.05, 0.1) is 5.69 Å². The fourth-order valence-corrected chi connectivity index (χ4v) is 2.82. The Labute approximate surface area is 151 Å².